The van der Waals surface area contributed by atoms with Gasteiger partial charge in [-0.05, 0) is 49.7 Å². The van der Waals surface area contributed by atoms with Crippen LogP contribution in [0.5, 0.6) is 0 Å². The van der Waals surface area contributed by atoms with Gasteiger partial charge in [0.2, 0.25) is 0 Å². The second-order valence-corrected chi connectivity index (χ2v) is 7.05. The van der Waals surface area contributed by atoms with Crippen molar-refractivity contribution in [2.24, 2.45) is 0 Å². The van der Waals surface area contributed by atoms with Gasteiger partial charge in [0.25, 0.3) is 0 Å². The molecule has 0 unspecified atom stereocenters. The summed E-state index contributed by atoms with van der Waals surface area (Å²) in [6, 6.07) is 19.8. The van der Waals surface area contributed by atoms with E-state index in [0.717, 1.165) is 19.7 Å². The Morgan fingerprint density at radius 1 is 0.958 bits per heavy atom. The summed E-state index contributed by atoms with van der Waals surface area (Å²) in [5, 5.41) is 0. The van der Waals surface area contributed by atoms with Crippen LogP contribution in [0, 0.1) is 0 Å². The van der Waals surface area contributed by atoms with Gasteiger partial charge in [-0.25, -0.2) is 0 Å². The Morgan fingerprint density at radius 3 is 2.42 bits per heavy atom. The third kappa shape index (κ3) is 2.72. The van der Waals surface area contributed by atoms with E-state index in [0.29, 0.717) is 5.41 Å². The van der Waals surface area contributed by atoms with Crippen LogP contribution in [0.3, 0.4) is 0 Å². The van der Waals surface area contributed by atoms with Crippen molar-refractivity contribution in [1.29, 1.82) is 0 Å². The minimum Gasteiger partial charge on any atom is -0.383 e. The van der Waals surface area contributed by atoms with Gasteiger partial charge in [-0.1, -0.05) is 36.4 Å². The molecule has 0 atom stereocenters. The lowest BCUT2D eigenvalue weighted by molar-refractivity contribution is 0.113. The van der Waals surface area contributed by atoms with Gasteiger partial charge in [-0.2, -0.15) is 0 Å². The Kier molecular flexibility index (Phi) is 4.30. The maximum atomic E-state index is 5.24. The smallest absolute Gasteiger partial charge is 0.0589 e. The van der Waals surface area contributed by atoms with Gasteiger partial charge in [-0.15, -0.1) is 0 Å². The van der Waals surface area contributed by atoms with Crippen LogP contribution in [-0.4, -0.2) is 44.8 Å². The van der Waals surface area contributed by atoms with Crippen LogP contribution < -0.4 is 4.90 Å². The Balaban J connectivity index is 1.60. The Hall–Kier alpha value is -1.84. The first kappa shape index (κ1) is 15.7. The topological polar surface area (TPSA) is 15.7 Å². The summed E-state index contributed by atoms with van der Waals surface area (Å²) in [7, 11) is 1.79. The lowest BCUT2D eigenvalue weighted by atomic mass is 9.74. The minimum absolute atomic E-state index is 0.302. The van der Waals surface area contributed by atoms with Crippen molar-refractivity contribution in [3.8, 4) is 0 Å². The highest BCUT2D eigenvalue weighted by Crippen LogP contribution is 2.49. The predicted molar refractivity (Wildman–Crippen MR) is 99.1 cm³/mol. The quantitative estimate of drug-likeness (QED) is 0.851. The lowest BCUT2D eigenvalue weighted by Crippen LogP contribution is -2.45. The van der Waals surface area contributed by atoms with Crippen LogP contribution in [0.25, 0.3) is 0 Å². The zero-order valence-corrected chi connectivity index (χ0v) is 14.4. The molecule has 2 aliphatic rings. The molecule has 126 valence electrons. The summed E-state index contributed by atoms with van der Waals surface area (Å²) < 4.78 is 5.24. The largest absolute Gasteiger partial charge is 0.383 e. The fraction of sp³-hybridized carbons (Fsp3) is 0.429. The van der Waals surface area contributed by atoms with Crippen LogP contribution in [0.2, 0.25) is 0 Å². The molecular formula is C21H26N2O. The number of benzene rings is 2. The molecule has 2 aromatic carbocycles. The number of anilines is 2. The van der Waals surface area contributed by atoms with Gasteiger partial charge >= 0.3 is 0 Å². The highest BCUT2D eigenvalue weighted by Gasteiger charge is 2.44. The molecule has 2 aliphatic heterocycles. The van der Waals surface area contributed by atoms with Gasteiger partial charge in [0.05, 0.1) is 6.61 Å². The van der Waals surface area contributed by atoms with Crippen molar-refractivity contribution in [3.63, 3.8) is 0 Å². The van der Waals surface area contributed by atoms with E-state index in [1.807, 2.05) is 0 Å². The summed E-state index contributed by atoms with van der Waals surface area (Å²) in [5.74, 6) is 0. The average molecular weight is 322 g/mol. The number of methoxy groups -OCH3 is 1. The molecule has 0 bridgehead atoms. The molecule has 1 spiro atoms. The SMILES string of the molecule is COCCN1CCC2(CC1)CN(c1ccccc1)c1ccccc12. The van der Waals surface area contributed by atoms with Gasteiger partial charge in [0, 0.05) is 37.0 Å². The number of hydrogen-bond acceptors (Lipinski definition) is 3. The van der Waals surface area contributed by atoms with Crippen LogP contribution in [-0.2, 0) is 10.2 Å². The van der Waals surface area contributed by atoms with Crippen molar-refractivity contribution in [1.82, 2.24) is 4.90 Å². The number of ether oxygens (including phenoxy) is 1. The maximum absolute atomic E-state index is 5.24. The summed E-state index contributed by atoms with van der Waals surface area (Å²) >= 11 is 0. The molecule has 4 rings (SSSR count). The average Bonchev–Trinajstić information content (AvgIpc) is 2.97. The van der Waals surface area contributed by atoms with Gasteiger partial charge in [0.1, 0.15) is 0 Å². The van der Waals surface area contributed by atoms with Crippen LogP contribution in [0.1, 0.15) is 18.4 Å². The highest BCUT2D eigenvalue weighted by molar-refractivity contribution is 5.72. The normalized spacial score (nSPS) is 19.6. The Bertz CT molecular complexity index is 677. The first-order valence-electron chi connectivity index (χ1n) is 8.96. The molecule has 0 aromatic heterocycles. The number of likely N-dealkylation sites (tertiary alicyclic amines) is 1. The zero-order chi connectivity index (χ0) is 16.4. The van der Waals surface area contributed by atoms with E-state index in [4.69, 9.17) is 4.74 Å². The highest BCUT2D eigenvalue weighted by atomic mass is 16.5. The van der Waals surface area contributed by atoms with Crippen LogP contribution in [0.4, 0.5) is 11.4 Å². The van der Waals surface area contributed by atoms with E-state index in [-0.39, 0.29) is 0 Å². The molecule has 0 saturated carbocycles. The van der Waals surface area contributed by atoms with E-state index in [9.17, 15) is 0 Å². The van der Waals surface area contributed by atoms with E-state index < -0.39 is 0 Å². The number of fused-ring (bicyclic) bond motifs is 2. The zero-order valence-electron chi connectivity index (χ0n) is 14.4. The van der Waals surface area contributed by atoms with Crippen molar-refractivity contribution < 1.29 is 4.74 Å². The molecule has 24 heavy (non-hydrogen) atoms. The molecule has 0 aliphatic carbocycles. The molecule has 1 saturated heterocycles. The van der Waals surface area contributed by atoms with Crippen molar-refractivity contribution in [2.45, 2.75) is 18.3 Å². The van der Waals surface area contributed by atoms with Crippen molar-refractivity contribution in [3.05, 3.63) is 60.2 Å². The van der Waals surface area contributed by atoms with Crippen LogP contribution >= 0.6 is 0 Å². The number of rotatable bonds is 4. The fourth-order valence-electron chi connectivity index (χ4n) is 4.32. The van der Waals surface area contributed by atoms with Gasteiger partial charge < -0.3 is 14.5 Å². The minimum atomic E-state index is 0.302. The monoisotopic (exact) mass is 322 g/mol. The standard InChI is InChI=1S/C21H26N2O/c1-24-16-15-22-13-11-21(12-14-22)17-23(18-7-3-2-4-8-18)20-10-6-5-9-19(20)21/h2-10H,11-17H2,1H3. The molecule has 0 N–H and O–H groups in total. The third-order valence-corrected chi connectivity index (χ3v) is 5.72. The van der Waals surface area contributed by atoms with Crippen molar-refractivity contribution >= 4 is 11.4 Å². The molecule has 1 fully saturated rings. The molecular weight excluding hydrogens is 296 g/mol. The third-order valence-electron chi connectivity index (χ3n) is 5.72. The number of nitrogens with zero attached hydrogens (tertiary/aromatic N) is 2. The molecule has 0 amide bonds. The van der Waals surface area contributed by atoms with Crippen LogP contribution in [0.15, 0.2) is 54.6 Å². The molecule has 2 aromatic rings. The Labute approximate surface area is 144 Å². The number of piperidine rings is 1. The van der Waals surface area contributed by atoms with Crippen molar-refractivity contribution in [2.75, 3.05) is 44.8 Å². The van der Waals surface area contributed by atoms with Gasteiger partial charge in [0.15, 0.2) is 0 Å². The summed E-state index contributed by atoms with van der Waals surface area (Å²) in [6.45, 7) is 5.32. The Morgan fingerprint density at radius 2 is 1.67 bits per heavy atom. The fourth-order valence-corrected chi connectivity index (χ4v) is 4.32. The first-order valence-corrected chi connectivity index (χ1v) is 8.96. The number of para-hydroxylation sites is 2. The summed E-state index contributed by atoms with van der Waals surface area (Å²) in [5.41, 5.74) is 4.55. The van der Waals surface area contributed by atoms with Gasteiger partial charge in [-0.3, -0.25) is 0 Å². The van der Waals surface area contributed by atoms with E-state index >= 15 is 0 Å². The lowest BCUT2D eigenvalue weighted by Gasteiger charge is -2.40. The summed E-state index contributed by atoms with van der Waals surface area (Å²) in [4.78, 5) is 5.06. The first-order chi connectivity index (χ1) is 11.8. The predicted octanol–water partition coefficient (Wildman–Crippen LogP) is 3.82. The molecule has 2 heterocycles. The second-order valence-electron chi connectivity index (χ2n) is 7.05. The van der Waals surface area contributed by atoms with E-state index in [2.05, 4.69) is 64.4 Å². The molecule has 3 nitrogen and oxygen atoms in total. The second kappa shape index (κ2) is 6.58. The summed E-state index contributed by atoms with van der Waals surface area (Å²) in [6.07, 6.45) is 2.47. The maximum Gasteiger partial charge on any atom is 0.0589 e. The van der Waals surface area contributed by atoms with E-state index in [1.165, 1.54) is 37.3 Å². The van der Waals surface area contributed by atoms with E-state index in [1.54, 1.807) is 12.7 Å². The number of hydrogen-bond donors (Lipinski definition) is 0. The molecule has 3 heteroatoms. The molecule has 0 radical (unpaired) electrons.